The number of amides is 2. The first-order valence-corrected chi connectivity index (χ1v) is 9.35. The van der Waals surface area contributed by atoms with Crippen molar-refractivity contribution in [3.8, 4) is 5.75 Å². The molecule has 0 radical (unpaired) electrons. The number of hydrogen-bond donors (Lipinski definition) is 2. The summed E-state index contributed by atoms with van der Waals surface area (Å²) in [5, 5.41) is 2.73. The van der Waals surface area contributed by atoms with Gasteiger partial charge in [0.1, 0.15) is 5.75 Å². The quantitative estimate of drug-likeness (QED) is 0.804. The molecule has 2 rings (SSSR count). The van der Waals surface area contributed by atoms with Crippen LogP contribution in [-0.4, -0.2) is 18.4 Å². The summed E-state index contributed by atoms with van der Waals surface area (Å²) in [6.07, 6.45) is 0. The highest BCUT2D eigenvalue weighted by Crippen LogP contribution is 2.35. The van der Waals surface area contributed by atoms with Crippen LogP contribution in [0.2, 0.25) is 0 Å². The number of nitrogens with one attached hydrogen (secondary N) is 1. The van der Waals surface area contributed by atoms with Crippen molar-refractivity contribution in [2.45, 2.75) is 52.4 Å². The fourth-order valence-electron chi connectivity index (χ4n) is 2.80. The minimum atomic E-state index is -0.541. The molecule has 0 unspecified atom stereocenters. The van der Waals surface area contributed by atoms with Crippen molar-refractivity contribution in [1.29, 1.82) is 0 Å². The summed E-state index contributed by atoms with van der Waals surface area (Å²) < 4.78 is 5.84. The van der Waals surface area contributed by atoms with Gasteiger partial charge in [-0.1, -0.05) is 59.7 Å². The highest BCUT2D eigenvalue weighted by atomic mass is 16.5. The molecule has 0 heterocycles. The zero-order valence-electron chi connectivity index (χ0n) is 17.6. The molecule has 0 bridgehead atoms. The highest BCUT2D eigenvalue weighted by Gasteiger charge is 2.23. The summed E-state index contributed by atoms with van der Waals surface area (Å²) in [5.41, 5.74) is 8.30. The van der Waals surface area contributed by atoms with E-state index in [1.807, 2.05) is 12.1 Å². The van der Waals surface area contributed by atoms with Crippen molar-refractivity contribution in [2.24, 2.45) is 5.73 Å². The van der Waals surface area contributed by atoms with Gasteiger partial charge < -0.3 is 15.8 Å². The van der Waals surface area contributed by atoms with E-state index in [1.165, 1.54) is 5.56 Å². The fraction of sp³-hybridized carbons (Fsp3) is 0.391. The lowest BCUT2D eigenvalue weighted by Crippen LogP contribution is -2.23. The molecule has 0 aliphatic heterocycles. The molecule has 3 N–H and O–H groups in total. The van der Waals surface area contributed by atoms with E-state index in [1.54, 1.807) is 24.3 Å². The van der Waals surface area contributed by atoms with Crippen molar-refractivity contribution in [2.75, 3.05) is 11.9 Å². The summed E-state index contributed by atoms with van der Waals surface area (Å²) in [7, 11) is 0. The van der Waals surface area contributed by atoms with Gasteiger partial charge in [0, 0.05) is 11.3 Å². The Hall–Kier alpha value is -2.82. The second kappa shape index (κ2) is 8.05. The molecule has 0 aliphatic carbocycles. The first-order chi connectivity index (χ1) is 12.9. The van der Waals surface area contributed by atoms with Crippen LogP contribution in [-0.2, 0) is 15.6 Å². The second-order valence-electron chi connectivity index (χ2n) is 8.99. The van der Waals surface area contributed by atoms with Crippen molar-refractivity contribution in [1.82, 2.24) is 0 Å². The Morgan fingerprint density at radius 2 is 1.64 bits per heavy atom. The number of nitrogens with two attached hydrogens (primary N) is 1. The molecule has 0 saturated carbocycles. The molecular formula is C23H30N2O3. The summed E-state index contributed by atoms with van der Waals surface area (Å²) >= 11 is 0. The molecule has 2 aromatic rings. The number of rotatable bonds is 5. The third kappa shape index (κ3) is 5.59. The van der Waals surface area contributed by atoms with E-state index in [0.29, 0.717) is 17.0 Å². The van der Waals surface area contributed by atoms with Crippen LogP contribution in [0.15, 0.2) is 42.5 Å². The highest BCUT2D eigenvalue weighted by molar-refractivity contribution is 5.96. The standard InChI is InChI=1S/C23H30N2O3/c1-22(2,3)16-10-11-19(18(13-16)23(4,5)6)28-14-20(26)25-17-9-7-8-15(12-17)21(24)27/h7-13H,14H2,1-6H3,(H2,24,27)(H,25,26). The molecule has 0 spiro atoms. The number of ether oxygens (including phenoxy) is 1. The monoisotopic (exact) mass is 382 g/mol. The maximum Gasteiger partial charge on any atom is 0.262 e. The van der Waals surface area contributed by atoms with E-state index in [-0.39, 0.29) is 23.3 Å². The first kappa shape index (κ1) is 21.5. The van der Waals surface area contributed by atoms with E-state index < -0.39 is 5.91 Å². The maximum absolute atomic E-state index is 12.3. The van der Waals surface area contributed by atoms with Gasteiger partial charge in [-0.3, -0.25) is 9.59 Å². The first-order valence-electron chi connectivity index (χ1n) is 9.35. The zero-order chi connectivity index (χ0) is 21.1. The molecule has 0 aromatic heterocycles. The van der Waals surface area contributed by atoms with E-state index >= 15 is 0 Å². The average molecular weight is 383 g/mol. The van der Waals surface area contributed by atoms with Crippen LogP contribution in [0.25, 0.3) is 0 Å². The van der Waals surface area contributed by atoms with Crippen LogP contribution in [0, 0.1) is 0 Å². The minimum absolute atomic E-state index is 0.0291. The van der Waals surface area contributed by atoms with Crippen LogP contribution in [0.4, 0.5) is 5.69 Å². The molecule has 0 saturated heterocycles. The summed E-state index contributed by atoms with van der Waals surface area (Å²) in [6.45, 7) is 12.7. The smallest absolute Gasteiger partial charge is 0.262 e. The number of primary amides is 1. The van der Waals surface area contributed by atoms with Gasteiger partial charge in [0.15, 0.2) is 6.61 Å². The molecular weight excluding hydrogens is 352 g/mol. The Morgan fingerprint density at radius 3 is 2.21 bits per heavy atom. The molecule has 2 amide bonds. The molecule has 5 heteroatoms. The lowest BCUT2D eigenvalue weighted by atomic mass is 9.80. The molecule has 5 nitrogen and oxygen atoms in total. The Morgan fingerprint density at radius 1 is 0.964 bits per heavy atom. The summed E-state index contributed by atoms with van der Waals surface area (Å²) in [5.74, 6) is -0.149. The van der Waals surface area contributed by atoms with Crippen molar-refractivity contribution < 1.29 is 14.3 Å². The van der Waals surface area contributed by atoms with E-state index in [0.717, 1.165) is 5.56 Å². The third-order valence-corrected chi connectivity index (χ3v) is 4.44. The van der Waals surface area contributed by atoms with Gasteiger partial charge in [-0.2, -0.15) is 0 Å². The van der Waals surface area contributed by atoms with Crippen LogP contribution < -0.4 is 15.8 Å². The summed E-state index contributed by atoms with van der Waals surface area (Å²) in [4.78, 5) is 23.6. The third-order valence-electron chi connectivity index (χ3n) is 4.44. The van der Waals surface area contributed by atoms with Crippen LogP contribution in [0.1, 0.15) is 63.0 Å². The van der Waals surface area contributed by atoms with Crippen molar-refractivity contribution >= 4 is 17.5 Å². The second-order valence-corrected chi connectivity index (χ2v) is 8.99. The Kier molecular flexibility index (Phi) is 6.17. The van der Waals surface area contributed by atoms with E-state index in [4.69, 9.17) is 10.5 Å². The van der Waals surface area contributed by atoms with Crippen LogP contribution in [0.3, 0.4) is 0 Å². The van der Waals surface area contributed by atoms with Gasteiger partial charge in [0.2, 0.25) is 5.91 Å². The largest absolute Gasteiger partial charge is 0.483 e. The Labute approximate surface area is 167 Å². The number of carbonyl (C=O) groups is 2. The molecule has 150 valence electrons. The van der Waals surface area contributed by atoms with E-state index in [9.17, 15) is 9.59 Å². The molecule has 28 heavy (non-hydrogen) atoms. The van der Waals surface area contributed by atoms with Gasteiger partial charge in [-0.15, -0.1) is 0 Å². The molecule has 0 aliphatic rings. The zero-order valence-corrected chi connectivity index (χ0v) is 17.6. The predicted molar refractivity (Wildman–Crippen MR) is 113 cm³/mol. The lowest BCUT2D eigenvalue weighted by molar-refractivity contribution is -0.118. The topological polar surface area (TPSA) is 81.4 Å². The fourth-order valence-corrected chi connectivity index (χ4v) is 2.80. The Bertz CT molecular complexity index is 874. The van der Waals surface area contributed by atoms with Gasteiger partial charge in [-0.05, 0) is 46.2 Å². The van der Waals surface area contributed by atoms with E-state index in [2.05, 4.69) is 52.9 Å². The number of hydrogen-bond acceptors (Lipinski definition) is 3. The van der Waals surface area contributed by atoms with Gasteiger partial charge in [-0.25, -0.2) is 0 Å². The maximum atomic E-state index is 12.3. The average Bonchev–Trinajstić information content (AvgIpc) is 2.58. The normalized spacial score (nSPS) is 11.8. The number of benzene rings is 2. The minimum Gasteiger partial charge on any atom is -0.483 e. The molecule has 0 atom stereocenters. The Balaban J connectivity index is 2.14. The number of anilines is 1. The lowest BCUT2D eigenvalue weighted by Gasteiger charge is -2.27. The van der Waals surface area contributed by atoms with Gasteiger partial charge >= 0.3 is 0 Å². The van der Waals surface area contributed by atoms with Crippen LogP contribution in [0.5, 0.6) is 5.75 Å². The summed E-state index contributed by atoms with van der Waals surface area (Å²) in [6, 6.07) is 12.6. The molecule has 2 aromatic carbocycles. The van der Waals surface area contributed by atoms with Crippen molar-refractivity contribution in [3.63, 3.8) is 0 Å². The van der Waals surface area contributed by atoms with Crippen molar-refractivity contribution in [3.05, 3.63) is 59.2 Å². The molecule has 0 fully saturated rings. The predicted octanol–water partition coefficient (Wildman–Crippen LogP) is 4.40. The van der Waals surface area contributed by atoms with Gasteiger partial charge in [0.25, 0.3) is 5.91 Å². The SMILES string of the molecule is CC(C)(C)c1ccc(OCC(=O)Nc2cccc(C(N)=O)c2)c(C(C)(C)C)c1. The van der Waals surface area contributed by atoms with Crippen LogP contribution >= 0.6 is 0 Å². The van der Waals surface area contributed by atoms with Gasteiger partial charge in [0.05, 0.1) is 0 Å². The number of carbonyl (C=O) groups excluding carboxylic acids is 2.